The lowest BCUT2D eigenvalue weighted by Crippen LogP contribution is -2.58. The predicted molar refractivity (Wildman–Crippen MR) is 77.1 cm³/mol. The molecule has 0 spiro atoms. The molecular formula is C12H21NO6S2. The molecule has 0 aromatic carbocycles. The summed E-state index contributed by atoms with van der Waals surface area (Å²) in [4.78, 5) is 11.6. The molecule has 1 atom stereocenters. The number of carbonyl (C=O) groups is 1. The fourth-order valence-electron chi connectivity index (χ4n) is 2.98. The molecule has 0 radical (unpaired) electrons. The van der Waals surface area contributed by atoms with Crippen molar-refractivity contribution in [1.82, 2.24) is 4.72 Å². The Balaban J connectivity index is 2.19. The highest BCUT2D eigenvalue weighted by atomic mass is 32.2. The van der Waals surface area contributed by atoms with Crippen LogP contribution in [0.2, 0.25) is 0 Å². The highest BCUT2D eigenvalue weighted by Gasteiger charge is 2.47. The van der Waals surface area contributed by atoms with Crippen LogP contribution in [0.1, 0.15) is 39.0 Å². The summed E-state index contributed by atoms with van der Waals surface area (Å²) < 4.78 is 49.9. The molecule has 2 fully saturated rings. The summed E-state index contributed by atoms with van der Waals surface area (Å²) >= 11 is 0. The number of sulfonamides is 1. The second-order valence-corrected chi connectivity index (χ2v) is 10.4. The van der Waals surface area contributed by atoms with Crippen LogP contribution in [0.15, 0.2) is 0 Å². The molecule has 1 saturated carbocycles. The van der Waals surface area contributed by atoms with E-state index in [1.807, 2.05) is 6.92 Å². The number of hydrogen-bond acceptors (Lipinski definition) is 5. The van der Waals surface area contributed by atoms with E-state index >= 15 is 0 Å². The number of nitrogens with one attached hydrogen (secondary N) is 1. The summed E-state index contributed by atoms with van der Waals surface area (Å²) in [7, 11) is -7.30. The summed E-state index contributed by atoms with van der Waals surface area (Å²) in [5.74, 6) is -1.39. The Hall–Kier alpha value is -0.670. The minimum Gasteiger partial charge on any atom is -0.480 e. The molecule has 7 nitrogen and oxygen atoms in total. The van der Waals surface area contributed by atoms with Gasteiger partial charge in [-0.3, -0.25) is 4.79 Å². The maximum Gasteiger partial charge on any atom is 0.324 e. The van der Waals surface area contributed by atoms with Gasteiger partial charge in [0.05, 0.1) is 16.8 Å². The Labute approximate surface area is 125 Å². The molecule has 122 valence electrons. The van der Waals surface area contributed by atoms with Crippen molar-refractivity contribution in [2.75, 3.05) is 11.5 Å². The van der Waals surface area contributed by atoms with Crippen LogP contribution in [0.3, 0.4) is 0 Å². The first-order chi connectivity index (χ1) is 9.56. The van der Waals surface area contributed by atoms with E-state index in [-0.39, 0.29) is 25.0 Å². The van der Waals surface area contributed by atoms with Crippen molar-refractivity contribution < 1.29 is 26.7 Å². The Morgan fingerprint density at radius 3 is 2.24 bits per heavy atom. The first-order valence-electron chi connectivity index (χ1n) is 7.03. The van der Waals surface area contributed by atoms with E-state index in [1.54, 1.807) is 0 Å². The average Bonchev–Trinajstić information content (AvgIpc) is 2.73. The molecule has 2 aliphatic rings. The minimum atomic E-state index is -3.96. The van der Waals surface area contributed by atoms with Crippen LogP contribution in [0.25, 0.3) is 0 Å². The van der Waals surface area contributed by atoms with Gasteiger partial charge < -0.3 is 5.11 Å². The molecule has 0 amide bonds. The molecule has 2 N–H and O–H groups in total. The highest BCUT2D eigenvalue weighted by Crippen LogP contribution is 2.33. The van der Waals surface area contributed by atoms with Crippen LogP contribution in [-0.4, -0.2) is 50.2 Å². The second kappa shape index (κ2) is 5.51. The lowest BCUT2D eigenvalue weighted by molar-refractivity contribution is -0.145. The van der Waals surface area contributed by atoms with Crippen molar-refractivity contribution in [2.45, 2.75) is 49.8 Å². The summed E-state index contributed by atoms with van der Waals surface area (Å²) in [6.45, 7) is 2.00. The Bertz CT molecular complexity index is 616. The molecule has 1 unspecified atom stereocenters. The molecule has 2 rings (SSSR count). The fraction of sp³-hybridized carbons (Fsp3) is 0.917. The quantitative estimate of drug-likeness (QED) is 0.751. The topological polar surface area (TPSA) is 118 Å². The van der Waals surface area contributed by atoms with Crippen LogP contribution in [0, 0.1) is 5.92 Å². The van der Waals surface area contributed by atoms with Crippen molar-refractivity contribution in [3.05, 3.63) is 0 Å². The van der Waals surface area contributed by atoms with E-state index in [9.17, 15) is 26.7 Å². The molecule has 1 saturated heterocycles. The zero-order valence-corrected chi connectivity index (χ0v) is 13.5. The van der Waals surface area contributed by atoms with Crippen molar-refractivity contribution in [1.29, 1.82) is 0 Å². The Morgan fingerprint density at radius 2 is 1.81 bits per heavy atom. The smallest absolute Gasteiger partial charge is 0.324 e. The largest absolute Gasteiger partial charge is 0.480 e. The number of carboxylic acids is 1. The van der Waals surface area contributed by atoms with Gasteiger partial charge in [-0.1, -0.05) is 6.92 Å². The third-order valence-corrected chi connectivity index (χ3v) is 8.44. The number of aliphatic carboxylic acids is 1. The summed E-state index contributed by atoms with van der Waals surface area (Å²) in [6.07, 6.45) is 1.78. The molecule has 0 bridgehead atoms. The van der Waals surface area contributed by atoms with E-state index in [0.29, 0.717) is 18.8 Å². The maximum atomic E-state index is 12.3. The molecule has 1 aliphatic heterocycles. The first-order valence-corrected chi connectivity index (χ1v) is 10.4. The molecule has 1 heterocycles. The van der Waals surface area contributed by atoms with Crippen LogP contribution in [0.5, 0.6) is 0 Å². The number of hydrogen-bond donors (Lipinski definition) is 2. The Morgan fingerprint density at radius 1 is 1.24 bits per heavy atom. The van der Waals surface area contributed by atoms with Crippen LogP contribution >= 0.6 is 0 Å². The van der Waals surface area contributed by atoms with Gasteiger partial charge in [0.2, 0.25) is 10.0 Å². The van der Waals surface area contributed by atoms with Crippen molar-refractivity contribution >= 4 is 25.8 Å². The van der Waals surface area contributed by atoms with Crippen LogP contribution in [0.4, 0.5) is 0 Å². The van der Waals surface area contributed by atoms with E-state index in [1.165, 1.54) is 0 Å². The van der Waals surface area contributed by atoms with E-state index < -0.39 is 42.4 Å². The zero-order valence-electron chi connectivity index (χ0n) is 11.9. The van der Waals surface area contributed by atoms with Crippen LogP contribution < -0.4 is 4.72 Å². The Kier molecular flexibility index (Phi) is 4.38. The van der Waals surface area contributed by atoms with Gasteiger partial charge in [0, 0.05) is 0 Å². The lowest BCUT2D eigenvalue weighted by atomic mass is 9.78. The molecule has 9 heteroatoms. The van der Waals surface area contributed by atoms with Gasteiger partial charge in [0.1, 0.15) is 5.54 Å². The zero-order chi connectivity index (χ0) is 15.9. The van der Waals surface area contributed by atoms with Gasteiger partial charge in [0.15, 0.2) is 9.84 Å². The van der Waals surface area contributed by atoms with Crippen molar-refractivity contribution in [3.63, 3.8) is 0 Å². The molecule has 21 heavy (non-hydrogen) atoms. The molecule has 0 aromatic heterocycles. The van der Waals surface area contributed by atoms with Crippen LogP contribution in [-0.2, 0) is 24.7 Å². The first kappa shape index (κ1) is 16.7. The molecule has 1 aliphatic carbocycles. The predicted octanol–water partition coefficient (Wildman–Crippen LogP) is 0.126. The number of sulfone groups is 1. The van der Waals surface area contributed by atoms with Crippen molar-refractivity contribution in [3.8, 4) is 0 Å². The lowest BCUT2D eigenvalue weighted by Gasteiger charge is -2.36. The van der Waals surface area contributed by atoms with Gasteiger partial charge >= 0.3 is 5.97 Å². The number of carboxylic acid groups (broad SMARTS) is 1. The fourth-order valence-corrected chi connectivity index (χ4v) is 7.44. The van der Waals surface area contributed by atoms with Crippen molar-refractivity contribution in [2.24, 2.45) is 5.92 Å². The van der Waals surface area contributed by atoms with E-state index in [4.69, 9.17) is 0 Å². The molecular weight excluding hydrogens is 318 g/mol. The summed E-state index contributed by atoms with van der Waals surface area (Å²) in [5, 5.41) is 8.40. The second-order valence-electron chi connectivity index (χ2n) is 6.24. The van der Waals surface area contributed by atoms with E-state index in [0.717, 1.165) is 0 Å². The monoisotopic (exact) mass is 339 g/mol. The average molecular weight is 339 g/mol. The molecule has 0 aromatic rings. The summed E-state index contributed by atoms with van der Waals surface area (Å²) in [6, 6.07) is 0. The van der Waals surface area contributed by atoms with Gasteiger partial charge in [-0.15, -0.1) is 0 Å². The van der Waals surface area contributed by atoms with Gasteiger partial charge in [-0.2, -0.15) is 4.72 Å². The number of rotatable bonds is 4. The SMILES string of the molecule is CC1CCC(NS(=O)(=O)C2CCS(=O)(=O)C2)(C(=O)O)CC1. The highest BCUT2D eigenvalue weighted by molar-refractivity contribution is 7.95. The normalized spacial score (nSPS) is 36.4. The van der Waals surface area contributed by atoms with Gasteiger partial charge in [-0.05, 0) is 38.0 Å². The van der Waals surface area contributed by atoms with E-state index in [2.05, 4.69) is 4.72 Å². The van der Waals surface area contributed by atoms with Gasteiger partial charge in [-0.25, -0.2) is 16.8 Å². The third-order valence-electron chi connectivity index (χ3n) is 4.50. The maximum absolute atomic E-state index is 12.3. The minimum absolute atomic E-state index is 0.0315. The third kappa shape index (κ3) is 3.57. The van der Waals surface area contributed by atoms with Gasteiger partial charge in [0.25, 0.3) is 0 Å². The standard InChI is InChI=1S/C12H21NO6S2/c1-9-2-5-12(6-3-9,11(14)15)13-21(18,19)10-4-7-20(16,17)8-10/h9-10,13H,2-8H2,1H3,(H,14,15). The summed E-state index contributed by atoms with van der Waals surface area (Å²) in [5.41, 5.74) is -1.49.